The summed E-state index contributed by atoms with van der Waals surface area (Å²) in [7, 11) is 0. The number of hydrogen-bond donors (Lipinski definition) is 4. The van der Waals surface area contributed by atoms with Gasteiger partial charge in [-0.3, -0.25) is 19.0 Å². The number of primary amides is 1. The molecule has 0 aliphatic rings. The van der Waals surface area contributed by atoms with Crippen LogP contribution in [0.4, 0.5) is 26.3 Å². The molecule has 3 aromatic rings. The zero-order valence-electron chi connectivity index (χ0n) is 22.6. The highest BCUT2D eigenvalue weighted by Crippen LogP contribution is 2.33. The summed E-state index contributed by atoms with van der Waals surface area (Å²) < 4.78 is 80.6. The van der Waals surface area contributed by atoms with Gasteiger partial charge in [-0.2, -0.15) is 26.3 Å². The number of amides is 2. The number of Topliss-reactive ketones (excluding diaryl/α,β-unsaturated/α-hetero) is 1. The number of nitrogens with one attached hydrogen (secondary N) is 1. The lowest BCUT2D eigenvalue weighted by Crippen LogP contribution is -2.56. The molecule has 44 heavy (non-hydrogen) atoms. The lowest BCUT2D eigenvalue weighted by atomic mass is 9.82. The second kappa shape index (κ2) is 12.8. The summed E-state index contributed by atoms with van der Waals surface area (Å²) in [6.45, 7) is -1.32. The van der Waals surface area contributed by atoms with Crippen molar-refractivity contribution < 1.29 is 45.8 Å². The molecule has 1 heterocycles. The summed E-state index contributed by atoms with van der Waals surface area (Å²) in [6, 6.07) is 6.98. The molecule has 6 N–H and O–H groups in total. The molecule has 238 valence electrons. The summed E-state index contributed by atoms with van der Waals surface area (Å²) in [5.41, 5.74) is 5.80. The molecular formula is C26H25ClF6N6O5. The first-order valence-electron chi connectivity index (χ1n) is 12.5. The van der Waals surface area contributed by atoms with E-state index in [1.807, 2.05) is 0 Å². The predicted octanol–water partition coefficient (Wildman–Crippen LogP) is 2.11. The molecule has 1 unspecified atom stereocenters. The normalized spacial score (nSPS) is 14.9. The van der Waals surface area contributed by atoms with Gasteiger partial charge in [-0.1, -0.05) is 23.7 Å². The standard InChI is InChI=1S/C26H25ClF6N6O5/c1-24(21(43)17(34)10-19(35)41,14-3-2-4-15(9-14)25(28,29)30)36-20(42)12-39-23(44)38(11-18(40)26(31,32)33)22(37-39)13-5-7-16(27)8-6-13/h2-9,17-18,40H,10-12,34H2,1H3,(H2,35,41)(H,36,42)/t17?,18-,24+/m0/s1. The number of benzene rings is 2. The minimum Gasteiger partial charge on any atom is -0.382 e. The fourth-order valence-corrected chi connectivity index (χ4v) is 4.34. The average Bonchev–Trinajstić information content (AvgIpc) is 3.21. The van der Waals surface area contributed by atoms with Crippen molar-refractivity contribution in [3.05, 3.63) is 75.2 Å². The Morgan fingerprint density at radius 1 is 1.05 bits per heavy atom. The van der Waals surface area contributed by atoms with E-state index >= 15 is 0 Å². The van der Waals surface area contributed by atoms with Crippen LogP contribution < -0.4 is 22.5 Å². The van der Waals surface area contributed by atoms with Crippen molar-refractivity contribution in [2.24, 2.45) is 11.5 Å². The van der Waals surface area contributed by atoms with Crippen LogP contribution in [0.15, 0.2) is 53.3 Å². The third kappa shape index (κ3) is 7.83. The van der Waals surface area contributed by atoms with E-state index in [1.165, 1.54) is 24.3 Å². The van der Waals surface area contributed by atoms with E-state index < -0.39 is 84.0 Å². The number of aromatic nitrogens is 3. The zero-order chi connectivity index (χ0) is 33.2. The SMILES string of the molecule is C[C@](NC(=O)Cn1nc(-c2ccc(Cl)cc2)n(C[C@H](O)C(F)(F)F)c1=O)(C(=O)C(N)CC(N)=O)c1cccc(C(F)(F)F)c1. The molecule has 2 amide bonds. The number of rotatable bonds is 11. The number of nitrogens with zero attached hydrogens (tertiary/aromatic N) is 3. The minimum absolute atomic E-state index is 0.0847. The average molecular weight is 651 g/mol. The van der Waals surface area contributed by atoms with Crippen molar-refractivity contribution in [2.75, 3.05) is 0 Å². The van der Waals surface area contributed by atoms with Crippen molar-refractivity contribution in [1.82, 2.24) is 19.7 Å². The molecule has 0 spiro atoms. The highest BCUT2D eigenvalue weighted by molar-refractivity contribution is 6.30. The number of aliphatic hydroxyl groups is 1. The van der Waals surface area contributed by atoms with Gasteiger partial charge in [-0.25, -0.2) is 9.48 Å². The summed E-state index contributed by atoms with van der Waals surface area (Å²) in [6.07, 6.45) is -13.7. The summed E-state index contributed by atoms with van der Waals surface area (Å²) >= 11 is 5.85. The van der Waals surface area contributed by atoms with Crippen LogP contribution in [-0.4, -0.2) is 55.4 Å². The highest BCUT2D eigenvalue weighted by Gasteiger charge is 2.42. The van der Waals surface area contributed by atoms with E-state index in [1.54, 1.807) is 0 Å². The van der Waals surface area contributed by atoms with Crippen LogP contribution in [0, 0.1) is 0 Å². The Kier molecular flexibility index (Phi) is 9.96. The number of aliphatic hydroxyl groups excluding tert-OH is 1. The van der Waals surface area contributed by atoms with Crippen molar-refractivity contribution in [2.45, 2.75) is 56.5 Å². The van der Waals surface area contributed by atoms with Gasteiger partial charge in [0.15, 0.2) is 17.7 Å². The topological polar surface area (TPSA) is 175 Å². The van der Waals surface area contributed by atoms with E-state index in [2.05, 4.69) is 10.4 Å². The van der Waals surface area contributed by atoms with Gasteiger partial charge in [0.25, 0.3) is 0 Å². The first-order chi connectivity index (χ1) is 20.2. The van der Waals surface area contributed by atoms with Gasteiger partial charge in [0, 0.05) is 17.0 Å². The number of ketones is 1. The van der Waals surface area contributed by atoms with E-state index in [0.717, 1.165) is 19.1 Å². The zero-order valence-corrected chi connectivity index (χ0v) is 23.4. The number of nitrogens with two attached hydrogens (primary N) is 2. The van der Waals surface area contributed by atoms with Crippen LogP contribution >= 0.6 is 11.6 Å². The lowest BCUT2D eigenvalue weighted by molar-refractivity contribution is -0.207. The molecule has 0 fully saturated rings. The van der Waals surface area contributed by atoms with Gasteiger partial charge in [0.1, 0.15) is 12.1 Å². The van der Waals surface area contributed by atoms with Crippen molar-refractivity contribution >= 4 is 29.2 Å². The summed E-state index contributed by atoms with van der Waals surface area (Å²) in [5.74, 6) is -3.72. The van der Waals surface area contributed by atoms with Gasteiger partial charge in [0.2, 0.25) is 11.8 Å². The number of alkyl halides is 6. The largest absolute Gasteiger partial charge is 0.416 e. The maximum atomic E-state index is 13.4. The molecule has 0 saturated heterocycles. The van der Waals surface area contributed by atoms with Crippen molar-refractivity contribution in [1.29, 1.82) is 0 Å². The first kappa shape index (κ1) is 34.3. The Hall–Kier alpha value is -4.22. The van der Waals surface area contributed by atoms with E-state index in [4.69, 9.17) is 23.1 Å². The molecular weight excluding hydrogens is 626 g/mol. The van der Waals surface area contributed by atoms with Crippen molar-refractivity contribution in [3.8, 4) is 11.4 Å². The van der Waals surface area contributed by atoms with Crippen LogP contribution in [0.3, 0.4) is 0 Å². The highest BCUT2D eigenvalue weighted by atomic mass is 35.5. The van der Waals surface area contributed by atoms with Crippen molar-refractivity contribution in [3.63, 3.8) is 0 Å². The third-order valence-corrected chi connectivity index (χ3v) is 6.71. The minimum atomic E-state index is -5.12. The van der Waals surface area contributed by atoms with E-state index in [-0.39, 0.29) is 16.4 Å². The number of carbonyl (C=O) groups is 3. The molecule has 18 heteroatoms. The molecule has 0 bridgehead atoms. The van der Waals surface area contributed by atoms with Crippen LogP contribution in [0.5, 0.6) is 0 Å². The molecule has 0 aliphatic heterocycles. The Morgan fingerprint density at radius 3 is 2.18 bits per heavy atom. The smallest absolute Gasteiger partial charge is 0.382 e. The third-order valence-electron chi connectivity index (χ3n) is 6.46. The number of halogens is 7. The molecule has 0 saturated carbocycles. The molecule has 0 radical (unpaired) electrons. The van der Waals surface area contributed by atoms with Gasteiger partial charge in [-0.05, 0) is 48.9 Å². The molecule has 3 rings (SSSR count). The van der Waals surface area contributed by atoms with Gasteiger partial charge in [-0.15, -0.1) is 5.10 Å². The second-order valence-corrected chi connectivity index (χ2v) is 10.3. The monoisotopic (exact) mass is 650 g/mol. The maximum Gasteiger partial charge on any atom is 0.416 e. The number of carbonyl (C=O) groups excluding carboxylic acids is 3. The second-order valence-electron chi connectivity index (χ2n) is 9.83. The first-order valence-corrected chi connectivity index (χ1v) is 12.9. The van der Waals surface area contributed by atoms with E-state index in [0.29, 0.717) is 21.4 Å². The fourth-order valence-electron chi connectivity index (χ4n) is 4.21. The summed E-state index contributed by atoms with van der Waals surface area (Å²) in [5, 5.41) is 16.0. The number of hydrogen-bond acceptors (Lipinski definition) is 7. The van der Waals surface area contributed by atoms with Crippen LogP contribution in [0.1, 0.15) is 24.5 Å². The Morgan fingerprint density at radius 2 is 1.64 bits per heavy atom. The van der Waals surface area contributed by atoms with Crippen LogP contribution in [0.2, 0.25) is 5.02 Å². The quantitative estimate of drug-likeness (QED) is 0.230. The maximum absolute atomic E-state index is 13.4. The Balaban J connectivity index is 2.05. The molecule has 1 aromatic heterocycles. The fraction of sp³-hybridized carbons (Fsp3) is 0.346. The predicted molar refractivity (Wildman–Crippen MR) is 143 cm³/mol. The van der Waals surface area contributed by atoms with Crippen LogP contribution in [0.25, 0.3) is 11.4 Å². The lowest BCUT2D eigenvalue weighted by Gasteiger charge is -2.32. The Bertz CT molecular complexity index is 1600. The van der Waals surface area contributed by atoms with Gasteiger partial charge in [0.05, 0.1) is 18.2 Å². The molecule has 3 atom stereocenters. The summed E-state index contributed by atoms with van der Waals surface area (Å²) in [4.78, 5) is 51.0. The molecule has 2 aromatic carbocycles. The Labute approximate surface area is 249 Å². The molecule has 11 nitrogen and oxygen atoms in total. The van der Waals surface area contributed by atoms with Gasteiger partial charge < -0.3 is 21.9 Å². The van der Waals surface area contributed by atoms with E-state index in [9.17, 15) is 50.6 Å². The van der Waals surface area contributed by atoms with Gasteiger partial charge >= 0.3 is 18.0 Å². The molecule has 0 aliphatic carbocycles. The van der Waals surface area contributed by atoms with Crippen LogP contribution in [-0.2, 0) is 39.2 Å².